The van der Waals surface area contributed by atoms with Crippen LogP contribution in [-0.2, 0) is 6.54 Å². The maximum absolute atomic E-state index is 13.0. The van der Waals surface area contributed by atoms with E-state index in [9.17, 15) is 23.9 Å². The number of hydrogen-bond acceptors (Lipinski definition) is 4. The third-order valence-corrected chi connectivity index (χ3v) is 5.15. The van der Waals surface area contributed by atoms with Gasteiger partial charge in [-0.3, -0.25) is 19.3 Å². The first-order valence-corrected chi connectivity index (χ1v) is 9.70. The van der Waals surface area contributed by atoms with E-state index in [-0.39, 0.29) is 30.8 Å². The molecule has 1 atom stereocenters. The summed E-state index contributed by atoms with van der Waals surface area (Å²) >= 11 is 0. The Kier molecular flexibility index (Phi) is 5.60. The molecule has 0 bridgehead atoms. The van der Waals surface area contributed by atoms with Gasteiger partial charge in [0.25, 0.3) is 17.7 Å². The van der Waals surface area contributed by atoms with Crippen LogP contribution in [0.3, 0.4) is 0 Å². The second-order valence-corrected chi connectivity index (χ2v) is 7.22. The lowest BCUT2D eigenvalue weighted by atomic mass is 10.1. The van der Waals surface area contributed by atoms with Crippen molar-refractivity contribution in [2.24, 2.45) is 0 Å². The number of amides is 3. The highest BCUT2D eigenvalue weighted by molar-refractivity contribution is 6.21. The summed E-state index contributed by atoms with van der Waals surface area (Å²) < 4.78 is 13.0. The van der Waals surface area contributed by atoms with Crippen LogP contribution in [0.2, 0.25) is 0 Å². The van der Waals surface area contributed by atoms with E-state index in [1.807, 2.05) is 0 Å². The number of hydrogen-bond donors (Lipinski definition) is 2. The SMILES string of the molecule is O=C(NC[C@H](O)c1ccc(F)cc1)c1ccc(CN2C(=O)c3ccccc3C2=O)cc1. The van der Waals surface area contributed by atoms with Gasteiger partial charge in [-0.1, -0.05) is 36.4 Å². The Morgan fingerprint density at radius 1 is 0.903 bits per heavy atom. The normalized spacial score (nSPS) is 13.8. The lowest BCUT2D eigenvalue weighted by molar-refractivity contribution is 0.0641. The van der Waals surface area contributed by atoms with Crippen molar-refractivity contribution in [3.63, 3.8) is 0 Å². The first-order valence-electron chi connectivity index (χ1n) is 9.70. The molecular formula is C24H19FN2O4. The number of carbonyl (C=O) groups excluding carboxylic acids is 3. The molecule has 4 rings (SSSR count). The third-order valence-electron chi connectivity index (χ3n) is 5.15. The molecule has 0 unspecified atom stereocenters. The highest BCUT2D eigenvalue weighted by atomic mass is 19.1. The van der Waals surface area contributed by atoms with E-state index in [0.717, 1.165) is 0 Å². The molecule has 156 valence electrons. The van der Waals surface area contributed by atoms with Crippen LogP contribution in [0.15, 0.2) is 72.8 Å². The molecule has 6 nitrogen and oxygen atoms in total. The van der Waals surface area contributed by atoms with E-state index in [1.165, 1.54) is 29.2 Å². The van der Waals surface area contributed by atoms with Crippen molar-refractivity contribution in [3.05, 3.63) is 106 Å². The zero-order chi connectivity index (χ0) is 22.0. The molecule has 1 heterocycles. The minimum Gasteiger partial charge on any atom is -0.387 e. The quantitative estimate of drug-likeness (QED) is 0.603. The van der Waals surface area contributed by atoms with Gasteiger partial charge in [-0.2, -0.15) is 0 Å². The monoisotopic (exact) mass is 418 g/mol. The van der Waals surface area contributed by atoms with Crippen LogP contribution in [0.4, 0.5) is 4.39 Å². The van der Waals surface area contributed by atoms with Gasteiger partial charge in [0.1, 0.15) is 5.82 Å². The van der Waals surface area contributed by atoms with Gasteiger partial charge >= 0.3 is 0 Å². The maximum Gasteiger partial charge on any atom is 0.261 e. The van der Waals surface area contributed by atoms with Gasteiger partial charge in [-0.05, 0) is 47.5 Å². The Labute approximate surface area is 177 Å². The first-order chi connectivity index (χ1) is 14.9. The van der Waals surface area contributed by atoms with Crippen molar-refractivity contribution in [2.75, 3.05) is 6.54 Å². The Morgan fingerprint density at radius 2 is 1.48 bits per heavy atom. The summed E-state index contributed by atoms with van der Waals surface area (Å²) in [7, 11) is 0. The molecule has 7 heteroatoms. The minimum atomic E-state index is -0.961. The molecular weight excluding hydrogens is 399 g/mol. The van der Waals surface area contributed by atoms with Crippen LogP contribution in [0.25, 0.3) is 0 Å². The molecule has 0 spiro atoms. The fraction of sp³-hybridized carbons (Fsp3) is 0.125. The minimum absolute atomic E-state index is 0.0265. The van der Waals surface area contributed by atoms with Crippen molar-refractivity contribution < 1.29 is 23.9 Å². The fourth-order valence-electron chi connectivity index (χ4n) is 3.42. The second kappa shape index (κ2) is 8.49. The molecule has 0 saturated carbocycles. The zero-order valence-electron chi connectivity index (χ0n) is 16.4. The summed E-state index contributed by atoms with van der Waals surface area (Å²) in [5.74, 6) is -1.45. The van der Waals surface area contributed by atoms with Gasteiger partial charge in [-0.15, -0.1) is 0 Å². The highest BCUT2D eigenvalue weighted by Gasteiger charge is 2.34. The lowest BCUT2D eigenvalue weighted by Gasteiger charge is -2.15. The van der Waals surface area contributed by atoms with Crippen LogP contribution in [0, 0.1) is 5.82 Å². The molecule has 3 aromatic carbocycles. The Hall–Kier alpha value is -3.84. The number of aliphatic hydroxyl groups excluding tert-OH is 1. The standard InChI is InChI=1S/C24H19FN2O4/c25-18-11-9-16(10-12-18)21(28)13-26-22(29)17-7-5-15(6-8-17)14-27-23(30)19-3-1-2-4-20(19)24(27)31/h1-12,21,28H,13-14H2,(H,26,29)/t21-/m0/s1. The van der Waals surface area contributed by atoms with Gasteiger partial charge in [0.2, 0.25) is 0 Å². The third kappa shape index (κ3) is 4.22. The largest absolute Gasteiger partial charge is 0.387 e. The van der Waals surface area contributed by atoms with Crippen LogP contribution in [0.1, 0.15) is 48.3 Å². The topological polar surface area (TPSA) is 86.7 Å². The van der Waals surface area contributed by atoms with Gasteiger partial charge < -0.3 is 10.4 Å². The summed E-state index contributed by atoms with van der Waals surface area (Å²) in [6.45, 7) is 0.0821. The van der Waals surface area contributed by atoms with Gasteiger partial charge in [-0.25, -0.2) is 4.39 Å². The van der Waals surface area contributed by atoms with E-state index in [4.69, 9.17) is 0 Å². The number of aliphatic hydroxyl groups is 1. The molecule has 1 aliphatic heterocycles. The van der Waals surface area contributed by atoms with Crippen LogP contribution < -0.4 is 5.32 Å². The van der Waals surface area contributed by atoms with Crippen molar-refractivity contribution in [1.82, 2.24) is 10.2 Å². The Morgan fingerprint density at radius 3 is 2.06 bits per heavy atom. The van der Waals surface area contributed by atoms with Crippen LogP contribution in [0.5, 0.6) is 0 Å². The number of carbonyl (C=O) groups is 3. The predicted molar refractivity (Wildman–Crippen MR) is 111 cm³/mol. The summed E-state index contributed by atoms with van der Waals surface area (Å²) in [4.78, 5) is 38.5. The van der Waals surface area contributed by atoms with E-state index in [1.54, 1.807) is 48.5 Å². The number of benzene rings is 3. The summed E-state index contributed by atoms with van der Waals surface area (Å²) in [5.41, 5.74) is 2.36. The molecule has 0 fully saturated rings. The molecule has 0 saturated heterocycles. The summed E-state index contributed by atoms with van der Waals surface area (Å²) in [5, 5.41) is 12.8. The number of nitrogens with zero attached hydrogens (tertiary/aromatic N) is 1. The fourth-order valence-corrected chi connectivity index (χ4v) is 3.42. The maximum atomic E-state index is 13.0. The van der Waals surface area contributed by atoms with Gasteiger partial charge in [0, 0.05) is 12.1 Å². The second-order valence-electron chi connectivity index (χ2n) is 7.22. The van der Waals surface area contributed by atoms with Crippen LogP contribution in [-0.4, -0.2) is 34.3 Å². The smallest absolute Gasteiger partial charge is 0.261 e. The number of nitrogens with one attached hydrogen (secondary N) is 1. The number of fused-ring (bicyclic) bond motifs is 1. The molecule has 3 amide bonds. The van der Waals surface area contributed by atoms with Crippen molar-refractivity contribution in [2.45, 2.75) is 12.6 Å². The van der Waals surface area contributed by atoms with Crippen molar-refractivity contribution in [3.8, 4) is 0 Å². The molecule has 31 heavy (non-hydrogen) atoms. The first kappa shape index (κ1) is 20.4. The van der Waals surface area contributed by atoms with Crippen LogP contribution >= 0.6 is 0 Å². The molecule has 0 aromatic heterocycles. The average Bonchev–Trinajstić information content (AvgIpc) is 3.03. The lowest BCUT2D eigenvalue weighted by Crippen LogP contribution is -2.29. The predicted octanol–water partition coefficient (Wildman–Crippen LogP) is 3.09. The molecule has 0 aliphatic carbocycles. The molecule has 1 aliphatic rings. The van der Waals surface area contributed by atoms with E-state index >= 15 is 0 Å². The summed E-state index contributed by atoms with van der Waals surface area (Å²) in [6, 6.07) is 18.6. The zero-order valence-corrected chi connectivity index (χ0v) is 16.4. The van der Waals surface area contributed by atoms with Crippen molar-refractivity contribution >= 4 is 17.7 Å². The van der Waals surface area contributed by atoms with Gasteiger partial charge in [0.15, 0.2) is 0 Å². The van der Waals surface area contributed by atoms with E-state index in [0.29, 0.717) is 27.8 Å². The molecule has 0 radical (unpaired) electrons. The number of imide groups is 1. The number of halogens is 1. The Balaban J connectivity index is 1.36. The average molecular weight is 418 g/mol. The van der Waals surface area contributed by atoms with Crippen molar-refractivity contribution in [1.29, 1.82) is 0 Å². The summed E-state index contributed by atoms with van der Waals surface area (Å²) in [6.07, 6.45) is -0.961. The molecule has 2 N–H and O–H groups in total. The van der Waals surface area contributed by atoms with E-state index < -0.39 is 11.9 Å². The Bertz CT molecular complexity index is 1110. The highest BCUT2D eigenvalue weighted by Crippen LogP contribution is 2.24. The van der Waals surface area contributed by atoms with E-state index in [2.05, 4.69) is 5.32 Å². The number of rotatable bonds is 6. The van der Waals surface area contributed by atoms with Gasteiger partial charge in [0.05, 0.1) is 23.8 Å². The molecule has 3 aromatic rings.